The Balaban J connectivity index is 0.939. The summed E-state index contributed by atoms with van der Waals surface area (Å²) < 4.78 is 57.5. The van der Waals surface area contributed by atoms with Crippen molar-refractivity contribution in [3.05, 3.63) is 106 Å². The number of hydrogen-bond acceptors (Lipinski definition) is 8. The molecular formula is C33H34F3N5O5. The van der Waals surface area contributed by atoms with Gasteiger partial charge in [0.1, 0.15) is 37.0 Å². The van der Waals surface area contributed by atoms with Crippen molar-refractivity contribution in [3.8, 4) is 17.5 Å². The van der Waals surface area contributed by atoms with Gasteiger partial charge in [-0.3, -0.25) is 9.47 Å². The molecule has 2 aliphatic rings. The van der Waals surface area contributed by atoms with Gasteiger partial charge in [-0.2, -0.15) is 13.2 Å². The summed E-state index contributed by atoms with van der Waals surface area (Å²) in [5.74, 6) is 1.17. The molecule has 46 heavy (non-hydrogen) atoms. The molecule has 10 nitrogen and oxygen atoms in total. The molecule has 0 amide bonds. The van der Waals surface area contributed by atoms with Crippen LogP contribution in [0.3, 0.4) is 0 Å². The zero-order valence-electron chi connectivity index (χ0n) is 25.2. The van der Waals surface area contributed by atoms with E-state index in [4.69, 9.17) is 14.2 Å². The third kappa shape index (κ3) is 7.53. The van der Waals surface area contributed by atoms with E-state index in [1.54, 1.807) is 4.57 Å². The highest BCUT2D eigenvalue weighted by molar-refractivity contribution is 5.50. The lowest BCUT2D eigenvalue weighted by Crippen LogP contribution is -2.51. The van der Waals surface area contributed by atoms with E-state index in [0.717, 1.165) is 55.3 Å². The van der Waals surface area contributed by atoms with Crippen molar-refractivity contribution < 1.29 is 32.3 Å². The van der Waals surface area contributed by atoms with Crippen LogP contribution < -0.4 is 19.1 Å². The van der Waals surface area contributed by atoms with Gasteiger partial charge in [0, 0.05) is 55.9 Å². The number of anilines is 1. The lowest BCUT2D eigenvalue weighted by atomic mass is 10.1. The molecule has 13 heteroatoms. The molecule has 3 heterocycles. The normalized spacial score (nSPS) is 18.5. The fourth-order valence-corrected chi connectivity index (χ4v) is 5.73. The predicted molar refractivity (Wildman–Crippen MR) is 164 cm³/mol. The molecule has 0 spiro atoms. The van der Waals surface area contributed by atoms with Gasteiger partial charge in [-0.1, -0.05) is 24.3 Å². The monoisotopic (exact) mass is 637 g/mol. The predicted octanol–water partition coefficient (Wildman–Crippen LogP) is 6.33. The van der Waals surface area contributed by atoms with Crippen LogP contribution in [0.25, 0.3) is 0 Å². The molecule has 0 saturated carbocycles. The second-order valence-corrected chi connectivity index (χ2v) is 11.6. The van der Waals surface area contributed by atoms with E-state index in [0.29, 0.717) is 36.9 Å². The second kappa shape index (κ2) is 13.3. The van der Waals surface area contributed by atoms with Crippen LogP contribution in [0.15, 0.2) is 79.0 Å². The Kier molecular flexibility index (Phi) is 9.02. The molecule has 2 aliphatic heterocycles. The molecule has 3 aromatic carbocycles. The van der Waals surface area contributed by atoms with Gasteiger partial charge in [0.25, 0.3) is 0 Å². The molecular weight excluding hydrogens is 603 g/mol. The van der Waals surface area contributed by atoms with Gasteiger partial charge >= 0.3 is 18.0 Å². The molecule has 0 radical (unpaired) electrons. The minimum atomic E-state index is -4.35. The van der Waals surface area contributed by atoms with Crippen LogP contribution in [0.5, 0.6) is 17.5 Å². The fraction of sp³-hybridized carbons (Fsp3) is 0.364. The van der Waals surface area contributed by atoms with E-state index in [1.807, 2.05) is 36.4 Å². The maximum absolute atomic E-state index is 12.8. The van der Waals surface area contributed by atoms with Crippen molar-refractivity contribution in [1.82, 2.24) is 14.5 Å². The Bertz CT molecular complexity index is 1630. The molecule has 0 bridgehead atoms. The molecule has 0 N–H and O–H groups in total. The fourth-order valence-electron chi connectivity index (χ4n) is 5.73. The molecule has 1 fully saturated rings. The summed E-state index contributed by atoms with van der Waals surface area (Å²) in [6.45, 7) is 6.80. The quantitative estimate of drug-likeness (QED) is 0.147. The number of alkyl halides is 3. The number of nitrogens with zero attached hydrogens (tertiary/aromatic N) is 5. The number of nitro groups is 1. The number of rotatable bonds is 10. The zero-order chi connectivity index (χ0) is 32.3. The Morgan fingerprint density at radius 3 is 2.28 bits per heavy atom. The number of aromatic nitrogens is 2. The average Bonchev–Trinajstić information content (AvgIpc) is 3.48. The summed E-state index contributed by atoms with van der Waals surface area (Å²) in [4.78, 5) is 19.2. The summed E-state index contributed by atoms with van der Waals surface area (Å²) in [5.41, 5.74) is 2.28. The van der Waals surface area contributed by atoms with Crippen LogP contribution in [0.2, 0.25) is 0 Å². The second-order valence-electron chi connectivity index (χ2n) is 11.6. The van der Waals surface area contributed by atoms with Gasteiger partial charge in [0.15, 0.2) is 0 Å². The summed E-state index contributed by atoms with van der Waals surface area (Å²) in [5, 5.41) is 11.0. The minimum absolute atomic E-state index is 0.195. The standard InChI is InChI=1S/C33H34F3N5O5/c1-23-18-38(19-24-4-10-28(11-5-24)44-21-25-2-6-26(7-3-25)33(34,35)36)16-17-40(23)27-8-12-29(13-9-27)45-22-30-14-15-39-20-31(41(42)43)37-32(39)46-30/h2-13,20,23,30H,14-19,21-22H2,1H3/t23-,30+/m0/s1. The van der Waals surface area contributed by atoms with Gasteiger partial charge in [-0.25, -0.2) is 0 Å². The largest absolute Gasteiger partial charge is 0.490 e. The maximum Gasteiger partial charge on any atom is 0.416 e. The van der Waals surface area contributed by atoms with Crippen molar-refractivity contribution >= 4 is 11.5 Å². The first kappa shape index (κ1) is 31.2. The Morgan fingerprint density at radius 1 is 0.935 bits per heavy atom. The first-order valence-corrected chi connectivity index (χ1v) is 15.1. The SMILES string of the molecule is C[C@H]1CN(Cc2ccc(OCc3ccc(C(F)(F)F)cc3)cc2)CCN1c1ccc(OC[C@H]2CCn3cc([N+](=O)[O-])nc3O2)cc1. The number of imidazole rings is 1. The molecule has 4 aromatic rings. The van der Waals surface area contributed by atoms with Gasteiger partial charge in [-0.15, -0.1) is 0 Å². The van der Waals surface area contributed by atoms with Crippen molar-refractivity contribution in [2.75, 3.05) is 31.1 Å². The maximum atomic E-state index is 12.8. The van der Waals surface area contributed by atoms with Crippen LogP contribution in [0.4, 0.5) is 24.7 Å². The topological polar surface area (TPSA) is 95.1 Å². The highest BCUT2D eigenvalue weighted by Gasteiger charge is 2.30. The Hall–Kier alpha value is -4.78. The number of ether oxygens (including phenoxy) is 3. The van der Waals surface area contributed by atoms with Gasteiger partial charge in [0.2, 0.25) is 0 Å². The van der Waals surface area contributed by atoms with Gasteiger partial charge in [-0.05, 0) is 71.5 Å². The lowest BCUT2D eigenvalue weighted by Gasteiger charge is -2.41. The Labute approximate surface area is 264 Å². The third-order valence-electron chi connectivity index (χ3n) is 8.21. The molecule has 1 aromatic heterocycles. The van der Waals surface area contributed by atoms with Crippen LogP contribution in [0, 0.1) is 10.1 Å². The number of aryl methyl sites for hydroxylation is 1. The molecule has 0 aliphatic carbocycles. The molecule has 1 saturated heterocycles. The van der Waals surface area contributed by atoms with Crippen LogP contribution in [-0.4, -0.2) is 57.8 Å². The molecule has 6 rings (SSSR count). The van der Waals surface area contributed by atoms with Crippen molar-refractivity contribution in [3.63, 3.8) is 0 Å². The highest BCUT2D eigenvalue weighted by atomic mass is 19.4. The number of hydrogen-bond donors (Lipinski definition) is 0. The number of fused-ring (bicyclic) bond motifs is 1. The van der Waals surface area contributed by atoms with Crippen LogP contribution in [0.1, 0.15) is 30.0 Å². The molecule has 242 valence electrons. The number of piperazine rings is 1. The Morgan fingerprint density at radius 2 is 1.61 bits per heavy atom. The van der Waals surface area contributed by atoms with E-state index in [1.165, 1.54) is 18.3 Å². The average molecular weight is 638 g/mol. The van der Waals surface area contributed by atoms with E-state index >= 15 is 0 Å². The van der Waals surface area contributed by atoms with E-state index in [9.17, 15) is 23.3 Å². The summed E-state index contributed by atoms with van der Waals surface area (Å²) in [6.07, 6.45) is -2.53. The number of benzene rings is 3. The highest BCUT2D eigenvalue weighted by Crippen LogP contribution is 2.30. The summed E-state index contributed by atoms with van der Waals surface area (Å²) >= 11 is 0. The summed E-state index contributed by atoms with van der Waals surface area (Å²) in [6, 6.07) is 21.4. The van der Waals surface area contributed by atoms with Crippen molar-refractivity contribution in [2.45, 2.75) is 51.4 Å². The van der Waals surface area contributed by atoms with Crippen molar-refractivity contribution in [2.24, 2.45) is 0 Å². The van der Waals surface area contributed by atoms with E-state index in [-0.39, 0.29) is 24.5 Å². The van der Waals surface area contributed by atoms with Crippen molar-refractivity contribution in [1.29, 1.82) is 0 Å². The van der Waals surface area contributed by atoms with E-state index < -0.39 is 16.7 Å². The van der Waals surface area contributed by atoms with Crippen LogP contribution in [-0.2, 0) is 25.9 Å². The number of halogens is 3. The zero-order valence-corrected chi connectivity index (χ0v) is 25.2. The first-order chi connectivity index (χ1) is 22.1. The third-order valence-corrected chi connectivity index (χ3v) is 8.21. The molecule has 0 unspecified atom stereocenters. The van der Waals surface area contributed by atoms with Gasteiger partial charge in [0.05, 0.1) is 5.56 Å². The van der Waals surface area contributed by atoms with Gasteiger partial charge < -0.3 is 29.2 Å². The lowest BCUT2D eigenvalue weighted by molar-refractivity contribution is -0.389. The minimum Gasteiger partial charge on any atom is -0.490 e. The van der Waals surface area contributed by atoms with E-state index in [2.05, 4.69) is 33.8 Å². The summed E-state index contributed by atoms with van der Waals surface area (Å²) in [7, 11) is 0. The first-order valence-electron chi connectivity index (χ1n) is 15.1. The smallest absolute Gasteiger partial charge is 0.416 e. The van der Waals surface area contributed by atoms with Crippen LogP contribution >= 0.6 is 0 Å². The molecule has 2 atom stereocenters.